The first kappa shape index (κ1) is 19.4. The summed E-state index contributed by atoms with van der Waals surface area (Å²) in [5, 5.41) is 2.99. The highest BCUT2D eigenvalue weighted by molar-refractivity contribution is 5.98. The number of hydrogen-bond donors (Lipinski definition) is 1. The Bertz CT molecular complexity index is 1010. The van der Waals surface area contributed by atoms with Crippen LogP contribution >= 0.6 is 0 Å². The van der Waals surface area contributed by atoms with Crippen molar-refractivity contribution < 1.29 is 4.79 Å². The lowest BCUT2D eigenvalue weighted by Crippen LogP contribution is -2.24. The van der Waals surface area contributed by atoms with Crippen LogP contribution in [0.15, 0.2) is 59.7 Å². The number of anilines is 1. The molecule has 0 aliphatic carbocycles. The van der Waals surface area contributed by atoms with E-state index in [0.29, 0.717) is 17.2 Å². The lowest BCUT2D eigenvalue weighted by atomic mass is 10.1. The maximum Gasteiger partial charge on any atom is 0.255 e. The Labute approximate surface area is 163 Å². The number of hydrogen-bond acceptors (Lipinski definition) is 6. The Morgan fingerprint density at radius 2 is 1.79 bits per heavy atom. The van der Waals surface area contributed by atoms with Crippen molar-refractivity contribution in [1.82, 2.24) is 19.4 Å². The summed E-state index contributed by atoms with van der Waals surface area (Å²) in [6, 6.07) is 12.6. The van der Waals surface area contributed by atoms with Gasteiger partial charge in [-0.2, -0.15) is 0 Å². The fourth-order valence-electron chi connectivity index (χ4n) is 2.79. The SMILES string of the molecule is CN(C)Cc1ccc(C(=O)CNc2nc(-c3ccncc3)cc(=O)n2C)cc1. The van der Waals surface area contributed by atoms with Crippen molar-refractivity contribution >= 4 is 11.7 Å². The van der Waals surface area contributed by atoms with Crippen molar-refractivity contribution in [2.75, 3.05) is 26.0 Å². The summed E-state index contributed by atoms with van der Waals surface area (Å²) < 4.78 is 1.39. The van der Waals surface area contributed by atoms with Crippen LogP contribution in [0.3, 0.4) is 0 Å². The van der Waals surface area contributed by atoms with E-state index in [4.69, 9.17) is 0 Å². The van der Waals surface area contributed by atoms with Crippen molar-refractivity contribution in [2.45, 2.75) is 6.54 Å². The minimum absolute atomic E-state index is 0.0487. The smallest absolute Gasteiger partial charge is 0.255 e. The van der Waals surface area contributed by atoms with Crippen molar-refractivity contribution in [3.05, 3.63) is 76.3 Å². The van der Waals surface area contributed by atoms with Crippen LogP contribution in [-0.2, 0) is 13.6 Å². The van der Waals surface area contributed by atoms with Crippen molar-refractivity contribution in [3.8, 4) is 11.3 Å². The van der Waals surface area contributed by atoms with E-state index in [2.05, 4.69) is 20.2 Å². The first-order valence-electron chi connectivity index (χ1n) is 8.93. The molecule has 2 aromatic heterocycles. The van der Waals surface area contributed by atoms with Gasteiger partial charge in [0.1, 0.15) is 0 Å². The lowest BCUT2D eigenvalue weighted by molar-refractivity contribution is 0.101. The molecule has 3 rings (SSSR count). The van der Waals surface area contributed by atoms with Gasteiger partial charge in [-0.15, -0.1) is 0 Å². The molecule has 0 amide bonds. The van der Waals surface area contributed by atoms with Gasteiger partial charge in [0.25, 0.3) is 5.56 Å². The summed E-state index contributed by atoms with van der Waals surface area (Å²) in [6.07, 6.45) is 3.29. The third-order valence-electron chi connectivity index (χ3n) is 4.29. The number of Topliss-reactive ketones (excluding diaryl/α,β-unsaturated/α-hetero) is 1. The number of rotatable bonds is 7. The van der Waals surface area contributed by atoms with E-state index in [-0.39, 0.29) is 17.9 Å². The van der Waals surface area contributed by atoms with Crippen LogP contribution in [0.25, 0.3) is 11.3 Å². The molecule has 0 aliphatic heterocycles. The Kier molecular flexibility index (Phi) is 5.96. The van der Waals surface area contributed by atoms with Crippen LogP contribution in [0.5, 0.6) is 0 Å². The molecule has 0 saturated heterocycles. The van der Waals surface area contributed by atoms with Crippen LogP contribution in [0.2, 0.25) is 0 Å². The standard InChI is InChI=1S/C21H23N5O2/c1-25(2)14-15-4-6-17(7-5-15)19(27)13-23-21-24-18(12-20(28)26(21)3)16-8-10-22-11-9-16/h4-12H,13-14H2,1-3H3,(H,23,24). The van der Waals surface area contributed by atoms with Gasteiger partial charge in [-0.05, 0) is 31.8 Å². The van der Waals surface area contributed by atoms with E-state index in [9.17, 15) is 9.59 Å². The van der Waals surface area contributed by atoms with E-state index in [1.165, 1.54) is 10.6 Å². The zero-order valence-electron chi connectivity index (χ0n) is 16.2. The van der Waals surface area contributed by atoms with Gasteiger partial charge in [0, 0.05) is 43.2 Å². The fraction of sp³-hybridized carbons (Fsp3) is 0.238. The molecule has 1 N–H and O–H groups in total. The Morgan fingerprint density at radius 1 is 1.11 bits per heavy atom. The van der Waals surface area contributed by atoms with Gasteiger partial charge >= 0.3 is 0 Å². The molecule has 0 saturated carbocycles. The molecular weight excluding hydrogens is 354 g/mol. The maximum atomic E-state index is 12.5. The number of benzene rings is 1. The van der Waals surface area contributed by atoms with Crippen LogP contribution in [0.4, 0.5) is 5.95 Å². The van der Waals surface area contributed by atoms with Crippen LogP contribution in [-0.4, -0.2) is 45.9 Å². The van der Waals surface area contributed by atoms with E-state index in [1.807, 2.05) is 38.4 Å². The monoisotopic (exact) mass is 377 g/mol. The molecule has 1 aromatic carbocycles. The predicted molar refractivity (Wildman–Crippen MR) is 109 cm³/mol. The highest BCUT2D eigenvalue weighted by Crippen LogP contribution is 2.15. The largest absolute Gasteiger partial charge is 0.348 e. The van der Waals surface area contributed by atoms with Crippen LogP contribution in [0, 0.1) is 0 Å². The van der Waals surface area contributed by atoms with E-state index < -0.39 is 0 Å². The average Bonchev–Trinajstić information content (AvgIpc) is 2.69. The number of carbonyl (C=O) groups excluding carboxylic acids is 1. The number of nitrogens with zero attached hydrogens (tertiary/aromatic N) is 4. The maximum absolute atomic E-state index is 12.5. The molecule has 0 aliphatic rings. The van der Waals surface area contributed by atoms with Gasteiger partial charge in [0.05, 0.1) is 12.2 Å². The summed E-state index contributed by atoms with van der Waals surface area (Å²) in [4.78, 5) is 35.3. The number of nitrogens with one attached hydrogen (secondary N) is 1. The summed E-state index contributed by atoms with van der Waals surface area (Å²) in [5.41, 5.74) is 2.88. The molecule has 7 nitrogen and oxygen atoms in total. The molecule has 0 bridgehead atoms. The summed E-state index contributed by atoms with van der Waals surface area (Å²) in [7, 11) is 5.62. The zero-order valence-corrected chi connectivity index (χ0v) is 16.2. The van der Waals surface area contributed by atoms with Crippen molar-refractivity contribution in [3.63, 3.8) is 0 Å². The number of ketones is 1. The van der Waals surface area contributed by atoms with E-state index in [1.54, 1.807) is 31.6 Å². The molecule has 2 heterocycles. The summed E-state index contributed by atoms with van der Waals surface area (Å²) in [5.74, 6) is 0.275. The van der Waals surface area contributed by atoms with E-state index >= 15 is 0 Å². The van der Waals surface area contributed by atoms with Gasteiger partial charge in [-0.3, -0.25) is 19.1 Å². The minimum atomic E-state index is -0.204. The molecule has 0 fully saturated rings. The van der Waals surface area contributed by atoms with Gasteiger partial charge in [-0.1, -0.05) is 24.3 Å². The minimum Gasteiger partial charge on any atom is -0.348 e. The third kappa shape index (κ3) is 4.69. The van der Waals surface area contributed by atoms with Crippen LogP contribution in [0.1, 0.15) is 15.9 Å². The normalized spacial score (nSPS) is 10.9. The fourth-order valence-corrected chi connectivity index (χ4v) is 2.79. The second-order valence-electron chi connectivity index (χ2n) is 6.81. The van der Waals surface area contributed by atoms with Crippen molar-refractivity contribution in [2.24, 2.45) is 7.05 Å². The molecule has 0 atom stereocenters. The van der Waals surface area contributed by atoms with Gasteiger partial charge in [-0.25, -0.2) is 4.98 Å². The Balaban J connectivity index is 1.74. The van der Waals surface area contributed by atoms with Gasteiger partial charge < -0.3 is 10.2 Å². The molecule has 0 radical (unpaired) electrons. The Hall–Kier alpha value is -3.32. The third-order valence-corrected chi connectivity index (χ3v) is 4.29. The second-order valence-corrected chi connectivity index (χ2v) is 6.81. The summed E-state index contributed by atoms with van der Waals surface area (Å²) in [6.45, 7) is 0.869. The quantitative estimate of drug-likeness (QED) is 0.636. The first-order chi connectivity index (χ1) is 13.4. The van der Waals surface area contributed by atoms with Gasteiger partial charge in [0.2, 0.25) is 5.95 Å². The number of pyridine rings is 1. The molecule has 28 heavy (non-hydrogen) atoms. The zero-order chi connectivity index (χ0) is 20.1. The molecule has 0 unspecified atom stereocenters. The molecule has 144 valence electrons. The lowest BCUT2D eigenvalue weighted by Gasteiger charge is -2.12. The predicted octanol–water partition coefficient (Wildman–Crippen LogP) is 2.20. The number of aromatic nitrogens is 3. The highest BCUT2D eigenvalue weighted by Gasteiger charge is 2.11. The first-order valence-corrected chi connectivity index (χ1v) is 8.93. The molecular formula is C21H23N5O2. The molecule has 3 aromatic rings. The molecule has 0 spiro atoms. The average molecular weight is 377 g/mol. The summed E-state index contributed by atoms with van der Waals surface area (Å²) >= 11 is 0. The van der Waals surface area contributed by atoms with Gasteiger partial charge in [0.15, 0.2) is 5.78 Å². The van der Waals surface area contributed by atoms with Crippen LogP contribution < -0.4 is 10.9 Å². The second kappa shape index (κ2) is 8.58. The van der Waals surface area contributed by atoms with E-state index in [0.717, 1.165) is 17.7 Å². The van der Waals surface area contributed by atoms with Crippen molar-refractivity contribution in [1.29, 1.82) is 0 Å². The Morgan fingerprint density at radius 3 is 2.43 bits per heavy atom. The topological polar surface area (TPSA) is 80.1 Å². The highest BCUT2D eigenvalue weighted by atomic mass is 16.1. The molecule has 7 heteroatoms. The number of carbonyl (C=O) groups is 1.